The number of pyridine rings is 1. The molecule has 1 aromatic rings. The van der Waals surface area contributed by atoms with Gasteiger partial charge in [-0.15, -0.1) is 0 Å². The molecule has 1 heterocycles. The van der Waals surface area contributed by atoms with Gasteiger partial charge in [-0.05, 0) is 38.5 Å². The summed E-state index contributed by atoms with van der Waals surface area (Å²) in [6.07, 6.45) is 1.71. The minimum absolute atomic E-state index is 0.160. The zero-order valence-corrected chi connectivity index (χ0v) is 10.7. The Kier molecular flexibility index (Phi) is 4.12. The minimum Gasteiger partial charge on any atom is -0.484 e. The number of hydrogen-bond acceptors (Lipinski definition) is 3. The van der Waals surface area contributed by atoms with Crippen LogP contribution in [0.3, 0.4) is 0 Å². The largest absolute Gasteiger partial charge is 0.484 e. The molecule has 1 aromatic heterocycles. The van der Waals surface area contributed by atoms with Crippen LogP contribution in [-0.4, -0.2) is 16.7 Å². The summed E-state index contributed by atoms with van der Waals surface area (Å²) in [4.78, 5) is 12.0. The molecule has 0 saturated heterocycles. The molecule has 4 heteroatoms. The maximum Gasteiger partial charge on any atom is 0.292 e. The molecule has 0 aliphatic carbocycles. The van der Waals surface area contributed by atoms with Crippen LogP contribution < -0.4 is 16.0 Å². The fraction of sp³-hybridized carbons (Fsp3) is 0.462. The van der Waals surface area contributed by atoms with Crippen molar-refractivity contribution in [3.8, 4) is 5.75 Å². The summed E-state index contributed by atoms with van der Waals surface area (Å²) in [7, 11) is 0. The molecule has 0 bridgehead atoms. The Balaban J connectivity index is 2.92. The molecule has 0 atom stereocenters. The zero-order valence-electron chi connectivity index (χ0n) is 10.7. The highest BCUT2D eigenvalue weighted by Gasteiger charge is 2.13. The first-order chi connectivity index (χ1) is 7.79. The van der Waals surface area contributed by atoms with Gasteiger partial charge in [-0.3, -0.25) is 4.79 Å². The van der Waals surface area contributed by atoms with Gasteiger partial charge in [0, 0.05) is 18.3 Å². The van der Waals surface area contributed by atoms with Crippen LogP contribution in [0.5, 0.6) is 5.75 Å². The lowest BCUT2D eigenvalue weighted by Gasteiger charge is -2.20. The molecule has 0 saturated carbocycles. The SMILES string of the molecule is C=C(C)COc1cccn(CC(C)(C)N)c1=O. The van der Waals surface area contributed by atoms with E-state index < -0.39 is 5.54 Å². The van der Waals surface area contributed by atoms with E-state index in [4.69, 9.17) is 10.5 Å². The first kappa shape index (κ1) is 13.5. The van der Waals surface area contributed by atoms with Crippen LogP contribution in [0.4, 0.5) is 0 Å². The first-order valence-electron chi connectivity index (χ1n) is 5.55. The van der Waals surface area contributed by atoms with Crippen molar-refractivity contribution in [2.45, 2.75) is 32.9 Å². The van der Waals surface area contributed by atoms with Gasteiger partial charge in [0.1, 0.15) is 6.61 Å². The lowest BCUT2D eigenvalue weighted by molar-refractivity contribution is 0.339. The molecule has 0 fully saturated rings. The van der Waals surface area contributed by atoms with Gasteiger partial charge < -0.3 is 15.0 Å². The van der Waals surface area contributed by atoms with E-state index in [-0.39, 0.29) is 5.56 Å². The topological polar surface area (TPSA) is 57.2 Å². The predicted octanol–water partition coefficient (Wildman–Crippen LogP) is 1.54. The van der Waals surface area contributed by atoms with Gasteiger partial charge in [0.2, 0.25) is 0 Å². The van der Waals surface area contributed by atoms with E-state index in [1.54, 1.807) is 22.9 Å². The lowest BCUT2D eigenvalue weighted by Crippen LogP contribution is -2.40. The molecule has 0 amide bonds. The van der Waals surface area contributed by atoms with Crippen LogP contribution in [0.1, 0.15) is 20.8 Å². The van der Waals surface area contributed by atoms with Crippen molar-refractivity contribution < 1.29 is 4.74 Å². The van der Waals surface area contributed by atoms with Crippen molar-refractivity contribution in [1.29, 1.82) is 0 Å². The molecule has 1 rings (SSSR count). The van der Waals surface area contributed by atoms with Gasteiger partial charge in [0.15, 0.2) is 5.75 Å². The average molecular weight is 236 g/mol. The van der Waals surface area contributed by atoms with Crippen LogP contribution >= 0.6 is 0 Å². The molecular weight excluding hydrogens is 216 g/mol. The Hall–Kier alpha value is -1.55. The second-order valence-corrected chi connectivity index (χ2v) is 5.04. The molecule has 4 nitrogen and oxygen atoms in total. The molecule has 94 valence electrons. The standard InChI is InChI=1S/C13H20N2O2/c1-10(2)8-17-11-6-5-7-15(12(11)16)9-13(3,4)14/h5-7H,1,8-9,14H2,2-4H3. The average Bonchev–Trinajstić information content (AvgIpc) is 2.17. The maximum atomic E-state index is 12.0. The summed E-state index contributed by atoms with van der Waals surface area (Å²) in [5, 5.41) is 0. The molecule has 0 aliphatic heterocycles. The number of nitrogens with two attached hydrogens (primary N) is 1. The molecule has 0 spiro atoms. The third kappa shape index (κ3) is 4.44. The van der Waals surface area contributed by atoms with Crippen molar-refractivity contribution in [3.05, 3.63) is 40.8 Å². The van der Waals surface area contributed by atoms with Crippen molar-refractivity contribution in [2.75, 3.05) is 6.61 Å². The van der Waals surface area contributed by atoms with E-state index in [1.165, 1.54) is 0 Å². The van der Waals surface area contributed by atoms with Crippen molar-refractivity contribution >= 4 is 0 Å². The second kappa shape index (κ2) is 5.19. The molecule has 0 aliphatic rings. The van der Waals surface area contributed by atoms with Gasteiger partial charge in [0.25, 0.3) is 5.56 Å². The molecule has 0 aromatic carbocycles. The number of rotatable bonds is 5. The molecular formula is C13H20N2O2. The van der Waals surface area contributed by atoms with Gasteiger partial charge in [0.05, 0.1) is 0 Å². The van der Waals surface area contributed by atoms with Crippen LogP contribution in [0.2, 0.25) is 0 Å². The second-order valence-electron chi connectivity index (χ2n) is 5.04. The van der Waals surface area contributed by atoms with E-state index >= 15 is 0 Å². The highest BCUT2D eigenvalue weighted by atomic mass is 16.5. The first-order valence-corrected chi connectivity index (χ1v) is 5.55. The van der Waals surface area contributed by atoms with E-state index in [0.29, 0.717) is 18.9 Å². The smallest absolute Gasteiger partial charge is 0.292 e. The highest BCUT2D eigenvalue weighted by molar-refractivity contribution is 5.18. The number of ether oxygens (including phenoxy) is 1. The molecule has 0 unspecified atom stereocenters. The quantitative estimate of drug-likeness (QED) is 0.789. The summed E-state index contributed by atoms with van der Waals surface area (Å²) in [5.41, 5.74) is 6.17. The van der Waals surface area contributed by atoms with Gasteiger partial charge in [-0.1, -0.05) is 6.58 Å². The Bertz CT molecular complexity index is 455. The Morgan fingerprint density at radius 3 is 2.76 bits per heavy atom. The Morgan fingerprint density at radius 1 is 1.59 bits per heavy atom. The minimum atomic E-state index is -0.434. The maximum absolute atomic E-state index is 12.0. The van der Waals surface area contributed by atoms with Crippen molar-refractivity contribution in [1.82, 2.24) is 4.57 Å². The molecule has 17 heavy (non-hydrogen) atoms. The van der Waals surface area contributed by atoms with E-state index in [9.17, 15) is 4.79 Å². The number of nitrogens with zero attached hydrogens (tertiary/aromatic N) is 1. The van der Waals surface area contributed by atoms with Crippen LogP contribution in [0.25, 0.3) is 0 Å². The molecule has 2 N–H and O–H groups in total. The summed E-state index contributed by atoms with van der Waals surface area (Å²) >= 11 is 0. The van der Waals surface area contributed by atoms with Crippen molar-refractivity contribution in [2.24, 2.45) is 5.73 Å². The van der Waals surface area contributed by atoms with Gasteiger partial charge >= 0.3 is 0 Å². The number of aromatic nitrogens is 1. The predicted molar refractivity (Wildman–Crippen MR) is 69.3 cm³/mol. The van der Waals surface area contributed by atoms with E-state index in [1.807, 2.05) is 20.8 Å². The third-order valence-electron chi connectivity index (χ3n) is 2.04. The highest BCUT2D eigenvalue weighted by Crippen LogP contribution is 2.06. The fourth-order valence-electron chi connectivity index (χ4n) is 1.39. The Morgan fingerprint density at radius 2 is 2.24 bits per heavy atom. The third-order valence-corrected chi connectivity index (χ3v) is 2.04. The monoisotopic (exact) mass is 236 g/mol. The fourth-order valence-corrected chi connectivity index (χ4v) is 1.39. The van der Waals surface area contributed by atoms with E-state index in [0.717, 1.165) is 5.57 Å². The van der Waals surface area contributed by atoms with Gasteiger partial charge in [-0.25, -0.2) is 0 Å². The summed E-state index contributed by atoms with van der Waals surface area (Å²) in [6.45, 7) is 10.1. The summed E-state index contributed by atoms with van der Waals surface area (Å²) < 4.78 is 6.94. The summed E-state index contributed by atoms with van der Waals surface area (Å²) in [6, 6.07) is 3.44. The van der Waals surface area contributed by atoms with Crippen LogP contribution in [0.15, 0.2) is 35.3 Å². The zero-order chi connectivity index (χ0) is 13.1. The van der Waals surface area contributed by atoms with Gasteiger partial charge in [-0.2, -0.15) is 0 Å². The lowest BCUT2D eigenvalue weighted by atomic mass is 10.1. The number of hydrogen-bond donors (Lipinski definition) is 1. The normalized spacial score (nSPS) is 11.3. The van der Waals surface area contributed by atoms with Crippen LogP contribution in [0, 0.1) is 0 Å². The Labute approximate surface area is 102 Å². The van der Waals surface area contributed by atoms with E-state index in [2.05, 4.69) is 6.58 Å². The van der Waals surface area contributed by atoms with Crippen molar-refractivity contribution in [3.63, 3.8) is 0 Å². The van der Waals surface area contributed by atoms with Crippen LogP contribution in [-0.2, 0) is 6.54 Å². The summed E-state index contributed by atoms with van der Waals surface area (Å²) in [5.74, 6) is 0.333. The molecule has 0 radical (unpaired) electrons.